The maximum absolute atomic E-state index is 5.63. The van der Waals surface area contributed by atoms with E-state index >= 15 is 0 Å². The number of anilines is 2. The number of aromatic nitrogens is 6. The van der Waals surface area contributed by atoms with Crippen LogP contribution in [-0.4, -0.2) is 69.1 Å². The highest BCUT2D eigenvalue weighted by Gasteiger charge is 2.24. The molecule has 3 aromatic rings. The largest absolute Gasteiger partial charge is 0.381 e. The van der Waals surface area contributed by atoms with E-state index in [-0.39, 0.29) is 5.95 Å². The first-order chi connectivity index (χ1) is 13.8. The molecule has 0 saturated carbocycles. The van der Waals surface area contributed by atoms with Gasteiger partial charge < -0.3 is 20.1 Å². The number of nitrogen functional groups attached to an aromatic ring is 1. The van der Waals surface area contributed by atoms with Crippen molar-refractivity contribution in [2.24, 2.45) is 0 Å². The Balaban J connectivity index is 1.61. The molecule has 2 aliphatic rings. The maximum atomic E-state index is 5.63. The third kappa shape index (κ3) is 3.25. The number of nitrogens with zero attached hydrogens (tertiary/aromatic N) is 7. The Kier molecular flexibility index (Phi) is 4.49. The van der Waals surface area contributed by atoms with E-state index in [1.54, 1.807) is 12.4 Å². The second-order valence-corrected chi connectivity index (χ2v) is 7.00. The zero-order chi connectivity index (χ0) is 18.9. The van der Waals surface area contributed by atoms with Crippen molar-refractivity contribution in [1.29, 1.82) is 0 Å². The fraction of sp³-hybridized carbons (Fsp3) is 0.500. The molecule has 5 heterocycles. The highest BCUT2D eigenvalue weighted by Crippen LogP contribution is 2.29. The van der Waals surface area contributed by atoms with E-state index in [1.807, 2.05) is 10.7 Å². The van der Waals surface area contributed by atoms with Gasteiger partial charge in [-0.25, -0.2) is 24.5 Å². The van der Waals surface area contributed by atoms with Crippen LogP contribution in [-0.2, 0) is 9.47 Å². The van der Waals surface area contributed by atoms with Crippen LogP contribution in [0.1, 0.15) is 24.6 Å². The smallest absolute Gasteiger partial charge is 0.219 e. The Bertz CT molecular complexity index is 962. The van der Waals surface area contributed by atoms with Gasteiger partial charge in [0.25, 0.3) is 0 Å². The van der Waals surface area contributed by atoms with Crippen molar-refractivity contribution in [3.05, 3.63) is 24.4 Å². The molecule has 0 bridgehead atoms. The number of morpholine rings is 1. The van der Waals surface area contributed by atoms with Crippen LogP contribution >= 0.6 is 0 Å². The first-order valence-electron chi connectivity index (χ1n) is 9.53. The summed E-state index contributed by atoms with van der Waals surface area (Å²) in [6, 6.07) is 0. The van der Waals surface area contributed by atoms with Gasteiger partial charge in [-0.2, -0.15) is 5.10 Å². The summed E-state index contributed by atoms with van der Waals surface area (Å²) in [4.78, 5) is 20.1. The van der Waals surface area contributed by atoms with Gasteiger partial charge in [0.15, 0.2) is 17.3 Å². The van der Waals surface area contributed by atoms with Crippen LogP contribution in [0.25, 0.3) is 16.9 Å². The molecule has 2 fully saturated rings. The number of nitrogens with two attached hydrogens (primary N) is 1. The zero-order valence-corrected chi connectivity index (χ0v) is 15.5. The molecular formula is C18H22N8O2. The van der Waals surface area contributed by atoms with Gasteiger partial charge in [0.2, 0.25) is 5.95 Å². The monoisotopic (exact) mass is 382 g/mol. The van der Waals surface area contributed by atoms with Gasteiger partial charge in [0.1, 0.15) is 0 Å². The van der Waals surface area contributed by atoms with E-state index < -0.39 is 0 Å². The standard InChI is InChI=1S/C18H22N8O2/c19-18-20-9-13(10-21-18)14-11-26-17(16(22-14)25-3-7-28-8-4-25)23-15(24-26)12-1-5-27-6-2-12/h9-12H,1-8H2,(H2,19,20,21). The lowest BCUT2D eigenvalue weighted by molar-refractivity contribution is 0.0836. The summed E-state index contributed by atoms with van der Waals surface area (Å²) < 4.78 is 12.8. The highest BCUT2D eigenvalue weighted by molar-refractivity contribution is 5.69. The Labute approximate surface area is 161 Å². The summed E-state index contributed by atoms with van der Waals surface area (Å²) in [5.41, 5.74) is 7.91. The topological polar surface area (TPSA) is 117 Å². The van der Waals surface area contributed by atoms with E-state index in [1.165, 1.54) is 0 Å². The molecule has 0 atom stereocenters. The molecule has 0 unspecified atom stereocenters. The van der Waals surface area contributed by atoms with Gasteiger partial charge in [-0.3, -0.25) is 0 Å². The molecule has 0 aromatic carbocycles. The molecule has 10 nitrogen and oxygen atoms in total. The minimum absolute atomic E-state index is 0.237. The molecule has 0 radical (unpaired) electrons. The van der Waals surface area contributed by atoms with Gasteiger partial charge in [-0.15, -0.1) is 0 Å². The van der Waals surface area contributed by atoms with Crippen LogP contribution in [0.3, 0.4) is 0 Å². The van der Waals surface area contributed by atoms with Crippen molar-refractivity contribution in [3.8, 4) is 11.3 Å². The van der Waals surface area contributed by atoms with Crippen molar-refractivity contribution >= 4 is 17.4 Å². The van der Waals surface area contributed by atoms with Gasteiger partial charge in [0, 0.05) is 50.2 Å². The zero-order valence-electron chi connectivity index (χ0n) is 15.5. The SMILES string of the molecule is Nc1ncc(-c2cn3nc(C4CCOCC4)nc3c(N3CCOCC3)n2)cn1. The predicted molar refractivity (Wildman–Crippen MR) is 102 cm³/mol. The van der Waals surface area contributed by atoms with E-state index in [0.29, 0.717) is 19.1 Å². The molecule has 3 aromatic heterocycles. The summed E-state index contributed by atoms with van der Waals surface area (Å²) >= 11 is 0. The lowest BCUT2D eigenvalue weighted by atomic mass is 10.00. The van der Waals surface area contributed by atoms with E-state index in [0.717, 1.165) is 67.7 Å². The lowest BCUT2D eigenvalue weighted by Crippen LogP contribution is -2.37. The van der Waals surface area contributed by atoms with Crippen LogP contribution < -0.4 is 10.6 Å². The van der Waals surface area contributed by atoms with Crippen LogP contribution in [0.2, 0.25) is 0 Å². The summed E-state index contributed by atoms with van der Waals surface area (Å²) in [5, 5.41) is 4.78. The van der Waals surface area contributed by atoms with Crippen molar-refractivity contribution in [3.63, 3.8) is 0 Å². The Morgan fingerprint density at radius 1 is 0.964 bits per heavy atom. The molecule has 146 valence electrons. The molecule has 5 rings (SSSR count). The maximum Gasteiger partial charge on any atom is 0.219 e. The Morgan fingerprint density at radius 3 is 2.43 bits per heavy atom. The van der Waals surface area contributed by atoms with Crippen molar-refractivity contribution in [2.45, 2.75) is 18.8 Å². The van der Waals surface area contributed by atoms with Gasteiger partial charge in [-0.1, -0.05) is 0 Å². The molecule has 10 heteroatoms. The Morgan fingerprint density at radius 2 is 1.68 bits per heavy atom. The molecular weight excluding hydrogens is 360 g/mol. The van der Waals surface area contributed by atoms with E-state index in [4.69, 9.17) is 30.3 Å². The highest BCUT2D eigenvalue weighted by atomic mass is 16.5. The fourth-order valence-electron chi connectivity index (χ4n) is 3.62. The minimum atomic E-state index is 0.237. The second kappa shape index (κ2) is 7.28. The number of hydrogen-bond donors (Lipinski definition) is 1. The number of ether oxygens (including phenoxy) is 2. The van der Waals surface area contributed by atoms with Gasteiger partial charge >= 0.3 is 0 Å². The molecule has 28 heavy (non-hydrogen) atoms. The van der Waals surface area contributed by atoms with E-state index in [2.05, 4.69) is 14.9 Å². The van der Waals surface area contributed by atoms with Crippen LogP contribution in [0.5, 0.6) is 0 Å². The van der Waals surface area contributed by atoms with Crippen LogP contribution in [0.15, 0.2) is 18.6 Å². The normalized spacial score (nSPS) is 18.6. The van der Waals surface area contributed by atoms with Crippen molar-refractivity contribution in [2.75, 3.05) is 50.2 Å². The third-order valence-corrected chi connectivity index (χ3v) is 5.18. The second-order valence-electron chi connectivity index (χ2n) is 7.00. The average molecular weight is 382 g/mol. The quantitative estimate of drug-likeness (QED) is 0.705. The average Bonchev–Trinajstić information content (AvgIpc) is 3.19. The molecule has 2 aliphatic heterocycles. The van der Waals surface area contributed by atoms with Crippen molar-refractivity contribution < 1.29 is 9.47 Å². The number of hydrogen-bond acceptors (Lipinski definition) is 9. The molecule has 0 aliphatic carbocycles. The summed E-state index contributed by atoms with van der Waals surface area (Å²) in [6.45, 7) is 4.38. The lowest BCUT2D eigenvalue weighted by Gasteiger charge is -2.28. The Hall–Kier alpha value is -2.85. The fourth-order valence-corrected chi connectivity index (χ4v) is 3.62. The van der Waals surface area contributed by atoms with Crippen molar-refractivity contribution in [1.82, 2.24) is 29.5 Å². The van der Waals surface area contributed by atoms with Gasteiger partial charge in [0.05, 0.1) is 25.1 Å². The first-order valence-corrected chi connectivity index (χ1v) is 9.53. The van der Waals surface area contributed by atoms with E-state index in [9.17, 15) is 0 Å². The molecule has 0 amide bonds. The first kappa shape index (κ1) is 17.3. The summed E-state index contributed by atoms with van der Waals surface area (Å²) in [7, 11) is 0. The van der Waals surface area contributed by atoms with Crippen LogP contribution in [0, 0.1) is 0 Å². The van der Waals surface area contributed by atoms with Gasteiger partial charge in [-0.05, 0) is 12.8 Å². The number of fused-ring (bicyclic) bond motifs is 1. The summed E-state index contributed by atoms with van der Waals surface area (Å²) in [6.07, 6.45) is 7.11. The third-order valence-electron chi connectivity index (χ3n) is 5.18. The molecule has 0 spiro atoms. The predicted octanol–water partition coefficient (Wildman–Crippen LogP) is 0.894. The molecule has 2 N–H and O–H groups in total. The van der Waals surface area contributed by atoms with Crippen LogP contribution in [0.4, 0.5) is 11.8 Å². The number of rotatable bonds is 3. The minimum Gasteiger partial charge on any atom is -0.381 e. The summed E-state index contributed by atoms with van der Waals surface area (Å²) in [5.74, 6) is 2.21. The molecule has 2 saturated heterocycles.